The lowest BCUT2D eigenvalue weighted by molar-refractivity contribution is -0.106. The number of nitrogen functional groups attached to an aromatic ring is 1. The summed E-state index contributed by atoms with van der Waals surface area (Å²) in [6.45, 7) is 3.55. The molecule has 2 aliphatic carbocycles. The first-order chi connectivity index (χ1) is 13.8. The number of benzene rings is 2. The minimum absolute atomic E-state index is 0.250. The Morgan fingerprint density at radius 1 is 1.03 bits per heavy atom. The number of anilines is 1. The van der Waals surface area contributed by atoms with Crippen molar-refractivity contribution in [2.45, 2.75) is 63.7 Å². The van der Waals surface area contributed by atoms with Gasteiger partial charge in [0.1, 0.15) is 0 Å². The van der Waals surface area contributed by atoms with Gasteiger partial charge in [-0.05, 0) is 85.8 Å². The van der Waals surface area contributed by atoms with Crippen molar-refractivity contribution in [1.82, 2.24) is 0 Å². The minimum atomic E-state index is -0.756. The first-order valence-corrected chi connectivity index (χ1v) is 11.1. The van der Waals surface area contributed by atoms with Gasteiger partial charge in [-0.1, -0.05) is 42.3 Å². The van der Waals surface area contributed by atoms with Gasteiger partial charge in [-0.25, -0.2) is 0 Å². The van der Waals surface area contributed by atoms with E-state index in [0.29, 0.717) is 0 Å². The molecule has 0 bridgehead atoms. The van der Waals surface area contributed by atoms with Gasteiger partial charge in [0.2, 0.25) is 6.41 Å². The van der Waals surface area contributed by atoms with Crippen LogP contribution in [0, 0.1) is 0 Å². The molecule has 29 heavy (non-hydrogen) atoms. The lowest BCUT2D eigenvalue weighted by Gasteiger charge is -2.17. The smallest absolute Gasteiger partial charge is 0.204 e. The average molecular weight is 416 g/mol. The largest absolute Gasteiger partial charge is 0.398 e. The molecule has 2 aromatic carbocycles. The van der Waals surface area contributed by atoms with Crippen molar-refractivity contribution in [2.75, 3.05) is 5.73 Å². The summed E-state index contributed by atoms with van der Waals surface area (Å²) in [6.07, 6.45) is 7.81. The van der Waals surface area contributed by atoms with E-state index < -0.39 is 5.60 Å². The summed E-state index contributed by atoms with van der Waals surface area (Å²) >= 11 is 1.31. The first-order valence-electron chi connectivity index (χ1n) is 10.0. The van der Waals surface area contributed by atoms with Crippen LogP contribution in [0.25, 0.3) is 0 Å². The van der Waals surface area contributed by atoms with Crippen LogP contribution in [0.3, 0.4) is 0 Å². The van der Waals surface area contributed by atoms with Crippen LogP contribution in [0.15, 0.2) is 30.3 Å². The van der Waals surface area contributed by atoms with Gasteiger partial charge in [0.15, 0.2) is 0 Å². The number of primary amides is 1. The molecule has 7 N–H and O–H groups in total. The van der Waals surface area contributed by atoms with E-state index in [-0.39, 0.29) is 6.41 Å². The molecule has 0 saturated carbocycles. The van der Waals surface area contributed by atoms with E-state index in [1.165, 1.54) is 78.3 Å². The van der Waals surface area contributed by atoms with Gasteiger partial charge in [-0.2, -0.15) is 0 Å². The molecule has 0 fully saturated rings. The quantitative estimate of drug-likeness (QED) is 0.348. The molecule has 0 heterocycles. The normalized spacial score (nSPS) is 14.1. The molecule has 0 radical (unpaired) electrons. The number of hydrogen-bond donors (Lipinski definition) is 4. The van der Waals surface area contributed by atoms with E-state index in [1.807, 2.05) is 24.3 Å². The molecular formula is C23H33N3O2S. The Kier molecular flexibility index (Phi) is 8.56. The zero-order chi connectivity index (χ0) is 21.4. The van der Waals surface area contributed by atoms with Crippen LogP contribution in [0.4, 0.5) is 5.69 Å². The zero-order valence-electron chi connectivity index (χ0n) is 17.4. The topological polar surface area (TPSA) is 115 Å². The molecule has 0 spiro atoms. The van der Waals surface area contributed by atoms with Crippen LogP contribution in [-0.4, -0.2) is 11.5 Å². The van der Waals surface area contributed by atoms with Gasteiger partial charge in [0.25, 0.3) is 0 Å². The summed E-state index contributed by atoms with van der Waals surface area (Å²) in [5.41, 5.74) is 18.9. The minimum Gasteiger partial charge on any atom is -0.398 e. The molecule has 4 rings (SSSR count). The number of hydrogen-bond acceptors (Lipinski definition) is 5. The SMILES string of the molecule is CC(C)(O)c1ccc(CSN)cc1.NC=O.Nc1c2c(cc3c1CCC3)CCC2. The molecular weight excluding hydrogens is 382 g/mol. The molecule has 1 amide bonds. The monoisotopic (exact) mass is 415 g/mol. The Labute approximate surface area is 178 Å². The summed E-state index contributed by atoms with van der Waals surface area (Å²) in [5, 5.41) is 15.0. The van der Waals surface area contributed by atoms with E-state index in [0.717, 1.165) is 17.0 Å². The highest BCUT2D eigenvalue weighted by atomic mass is 32.2. The number of carbonyl (C=O) groups is 1. The third-order valence-electron chi connectivity index (χ3n) is 5.43. The fourth-order valence-corrected chi connectivity index (χ4v) is 4.35. The summed E-state index contributed by atoms with van der Waals surface area (Å²) in [4.78, 5) is 8.58. The lowest BCUT2D eigenvalue weighted by atomic mass is 9.98. The van der Waals surface area contributed by atoms with Crippen molar-refractivity contribution in [3.05, 3.63) is 63.7 Å². The number of amides is 1. The maximum Gasteiger partial charge on any atom is 0.204 e. The second-order valence-corrected chi connectivity index (χ2v) is 8.60. The van der Waals surface area contributed by atoms with Crippen LogP contribution < -0.4 is 16.6 Å². The Balaban J connectivity index is 0.000000183. The highest BCUT2D eigenvalue weighted by Crippen LogP contribution is 2.36. The average Bonchev–Trinajstić information content (AvgIpc) is 3.33. The number of carbonyl (C=O) groups excluding carboxylic acids is 1. The molecule has 158 valence electrons. The van der Waals surface area contributed by atoms with Gasteiger partial charge in [-0.3, -0.25) is 9.93 Å². The molecule has 5 nitrogen and oxygen atoms in total. The molecule has 0 aromatic heterocycles. The van der Waals surface area contributed by atoms with Crippen molar-refractivity contribution in [1.29, 1.82) is 0 Å². The van der Waals surface area contributed by atoms with Gasteiger partial charge in [-0.15, -0.1) is 0 Å². The zero-order valence-corrected chi connectivity index (χ0v) is 18.2. The maximum atomic E-state index is 9.68. The Hall–Kier alpha value is -2.02. The number of nitrogens with two attached hydrogens (primary N) is 3. The van der Waals surface area contributed by atoms with Crippen molar-refractivity contribution in [2.24, 2.45) is 10.9 Å². The van der Waals surface area contributed by atoms with Gasteiger partial charge in [0, 0.05) is 11.4 Å². The molecule has 0 unspecified atom stereocenters. The van der Waals surface area contributed by atoms with E-state index >= 15 is 0 Å². The Morgan fingerprint density at radius 2 is 1.52 bits per heavy atom. The van der Waals surface area contributed by atoms with Gasteiger partial charge >= 0.3 is 0 Å². The number of aliphatic hydroxyl groups is 1. The van der Waals surface area contributed by atoms with Crippen LogP contribution in [-0.2, 0) is 41.8 Å². The molecule has 2 aliphatic rings. The number of aryl methyl sites for hydroxylation is 2. The predicted octanol–water partition coefficient (Wildman–Crippen LogP) is 3.37. The molecule has 0 atom stereocenters. The summed E-state index contributed by atoms with van der Waals surface area (Å²) < 4.78 is 0. The molecule has 2 aromatic rings. The van der Waals surface area contributed by atoms with Crippen molar-refractivity contribution < 1.29 is 9.90 Å². The highest BCUT2D eigenvalue weighted by molar-refractivity contribution is 7.96. The number of fused-ring (bicyclic) bond motifs is 2. The Bertz CT molecular complexity index is 782. The third-order valence-corrected chi connectivity index (χ3v) is 5.93. The summed E-state index contributed by atoms with van der Waals surface area (Å²) in [5.74, 6) is 0.812. The fourth-order valence-electron chi connectivity index (χ4n) is 3.97. The standard InChI is InChI=1S/C12H15N.C10H15NOS.CH3NO/c13-12-10-5-1-3-8(10)7-9-4-2-6-11(9)12;1-10(2,12)9-5-3-8(4-6-9)7-13-11;2-1-3/h7H,1-6,13H2;3-6,12H,7,11H2,1-2H3;1H,(H2,2,3). The van der Waals surface area contributed by atoms with Crippen molar-refractivity contribution >= 4 is 24.0 Å². The predicted molar refractivity (Wildman–Crippen MR) is 122 cm³/mol. The molecule has 6 heteroatoms. The van der Waals surface area contributed by atoms with Crippen LogP contribution in [0.5, 0.6) is 0 Å². The van der Waals surface area contributed by atoms with Gasteiger partial charge < -0.3 is 16.6 Å². The highest BCUT2D eigenvalue weighted by Gasteiger charge is 2.21. The van der Waals surface area contributed by atoms with Crippen LogP contribution >= 0.6 is 11.9 Å². The van der Waals surface area contributed by atoms with Gasteiger partial charge in [0.05, 0.1) is 5.60 Å². The molecule has 0 saturated heterocycles. The first kappa shape index (κ1) is 23.3. The lowest BCUT2D eigenvalue weighted by Crippen LogP contribution is -2.15. The summed E-state index contributed by atoms with van der Waals surface area (Å²) in [7, 11) is 0. The molecule has 0 aliphatic heterocycles. The van der Waals surface area contributed by atoms with Crippen LogP contribution in [0.1, 0.15) is 60.1 Å². The second kappa shape index (κ2) is 10.7. The Morgan fingerprint density at radius 3 is 1.93 bits per heavy atom. The third kappa shape index (κ3) is 6.23. The summed E-state index contributed by atoms with van der Waals surface area (Å²) in [6, 6.07) is 10.3. The van der Waals surface area contributed by atoms with E-state index in [1.54, 1.807) is 13.8 Å². The second-order valence-electron chi connectivity index (χ2n) is 7.98. The maximum absolute atomic E-state index is 9.68. The number of rotatable bonds is 3. The van der Waals surface area contributed by atoms with E-state index in [4.69, 9.17) is 15.7 Å². The van der Waals surface area contributed by atoms with E-state index in [2.05, 4.69) is 11.8 Å². The van der Waals surface area contributed by atoms with Crippen molar-refractivity contribution in [3.8, 4) is 0 Å². The fraction of sp³-hybridized carbons (Fsp3) is 0.435. The van der Waals surface area contributed by atoms with Crippen molar-refractivity contribution in [3.63, 3.8) is 0 Å². The van der Waals surface area contributed by atoms with E-state index in [9.17, 15) is 5.11 Å². The van der Waals surface area contributed by atoms with Crippen LogP contribution in [0.2, 0.25) is 0 Å².